The Hall–Kier alpha value is -0.590. The Kier molecular flexibility index (Phi) is 5.58. The largest absolute Gasteiger partial charge is 0.382 e. The highest BCUT2D eigenvalue weighted by Crippen LogP contribution is 2.16. The summed E-state index contributed by atoms with van der Waals surface area (Å²) in [6.07, 6.45) is 4.55. The second-order valence-electron chi connectivity index (χ2n) is 3.73. The molecule has 0 radical (unpaired) electrons. The van der Waals surface area contributed by atoms with Gasteiger partial charge in [-0.1, -0.05) is 0 Å². The Morgan fingerprint density at radius 2 is 2.36 bits per heavy atom. The molecule has 1 unspecified atom stereocenters. The summed E-state index contributed by atoms with van der Waals surface area (Å²) in [5.41, 5.74) is 0. The molecule has 0 amide bonds. The van der Waals surface area contributed by atoms with Crippen LogP contribution in [0, 0.1) is 11.3 Å². The van der Waals surface area contributed by atoms with Crippen molar-refractivity contribution in [2.24, 2.45) is 0 Å². The quantitative estimate of drug-likeness (QED) is 0.629. The van der Waals surface area contributed by atoms with E-state index in [4.69, 9.17) is 10.00 Å². The molecule has 1 aliphatic rings. The Morgan fingerprint density at radius 3 is 3.07 bits per heavy atom. The predicted octanol–water partition coefficient (Wildman–Crippen LogP) is 1.79. The molecule has 0 spiro atoms. The summed E-state index contributed by atoms with van der Waals surface area (Å²) in [5, 5.41) is 8.94. The van der Waals surface area contributed by atoms with Crippen molar-refractivity contribution in [2.75, 3.05) is 26.3 Å². The maximum absolute atomic E-state index is 8.94. The summed E-state index contributed by atoms with van der Waals surface area (Å²) < 4.78 is 5.28. The summed E-state index contributed by atoms with van der Waals surface area (Å²) in [6.45, 7) is 5.73. The Balaban J connectivity index is 2.17. The molecule has 3 heteroatoms. The maximum atomic E-state index is 8.94. The monoisotopic (exact) mass is 196 g/mol. The smallest absolute Gasteiger partial charge is 0.0977 e. The fraction of sp³-hybridized carbons (Fsp3) is 0.909. The Bertz CT molecular complexity index is 188. The van der Waals surface area contributed by atoms with Gasteiger partial charge >= 0.3 is 0 Å². The number of piperidine rings is 1. The molecule has 1 rings (SSSR count). The Labute approximate surface area is 86.6 Å². The van der Waals surface area contributed by atoms with E-state index in [1.165, 1.54) is 12.8 Å². The van der Waals surface area contributed by atoms with Crippen molar-refractivity contribution in [3.8, 4) is 6.07 Å². The lowest BCUT2D eigenvalue weighted by Gasteiger charge is -2.31. The van der Waals surface area contributed by atoms with Crippen LogP contribution in [0.5, 0.6) is 0 Å². The van der Waals surface area contributed by atoms with Gasteiger partial charge in [0.05, 0.1) is 12.1 Å². The normalized spacial score (nSPS) is 23.3. The van der Waals surface area contributed by atoms with E-state index < -0.39 is 0 Å². The van der Waals surface area contributed by atoms with Crippen LogP contribution in [0.4, 0.5) is 0 Å². The van der Waals surface area contributed by atoms with Crippen LogP contribution >= 0.6 is 0 Å². The van der Waals surface area contributed by atoms with Gasteiger partial charge < -0.3 is 4.74 Å². The van der Waals surface area contributed by atoms with Crippen molar-refractivity contribution in [1.29, 1.82) is 5.26 Å². The highest BCUT2D eigenvalue weighted by Gasteiger charge is 2.20. The third kappa shape index (κ3) is 3.65. The van der Waals surface area contributed by atoms with Crippen LogP contribution in [0.15, 0.2) is 0 Å². The van der Waals surface area contributed by atoms with Gasteiger partial charge in [-0.05, 0) is 39.2 Å². The van der Waals surface area contributed by atoms with Crippen LogP contribution in [-0.2, 0) is 4.74 Å². The first-order chi connectivity index (χ1) is 6.88. The lowest BCUT2D eigenvalue weighted by Crippen LogP contribution is -2.39. The van der Waals surface area contributed by atoms with Crippen LogP contribution < -0.4 is 0 Å². The van der Waals surface area contributed by atoms with Crippen molar-refractivity contribution in [3.63, 3.8) is 0 Å². The molecule has 80 valence electrons. The topological polar surface area (TPSA) is 36.3 Å². The number of hydrogen-bond donors (Lipinski definition) is 0. The summed E-state index contributed by atoms with van der Waals surface area (Å²) in [5.74, 6) is 0. The molecule has 0 aromatic carbocycles. The van der Waals surface area contributed by atoms with Crippen LogP contribution in [-0.4, -0.2) is 37.2 Å². The van der Waals surface area contributed by atoms with Gasteiger partial charge in [0, 0.05) is 19.8 Å². The molecule has 3 nitrogen and oxygen atoms in total. The minimum absolute atomic E-state index is 0.158. The molecular weight excluding hydrogens is 176 g/mol. The van der Waals surface area contributed by atoms with E-state index >= 15 is 0 Å². The van der Waals surface area contributed by atoms with Crippen LogP contribution in [0.1, 0.15) is 32.6 Å². The second-order valence-corrected chi connectivity index (χ2v) is 3.73. The zero-order chi connectivity index (χ0) is 10.2. The molecule has 1 fully saturated rings. The summed E-state index contributed by atoms with van der Waals surface area (Å²) >= 11 is 0. The number of nitriles is 1. The fourth-order valence-electron chi connectivity index (χ4n) is 1.92. The first-order valence-electron chi connectivity index (χ1n) is 5.60. The first-order valence-corrected chi connectivity index (χ1v) is 5.60. The van der Waals surface area contributed by atoms with Crippen LogP contribution in [0.2, 0.25) is 0 Å². The minimum Gasteiger partial charge on any atom is -0.382 e. The number of rotatable bonds is 5. The third-order valence-corrected chi connectivity index (χ3v) is 2.70. The lowest BCUT2D eigenvalue weighted by atomic mass is 10.0. The predicted molar refractivity (Wildman–Crippen MR) is 55.9 cm³/mol. The molecule has 1 heterocycles. The van der Waals surface area contributed by atoms with Gasteiger partial charge in [0.25, 0.3) is 0 Å². The van der Waals surface area contributed by atoms with E-state index in [1.807, 2.05) is 6.92 Å². The third-order valence-electron chi connectivity index (χ3n) is 2.70. The summed E-state index contributed by atoms with van der Waals surface area (Å²) in [4.78, 5) is 2.29. The highest BCUT2D eigenvalue weighted by atomic mass is 16.5. The van der Waals surface area contributed by atoms with Crippen molar-refractivity contribution >= 4 is 0 Å². The summed E-state index contributed by atoms with van der Waals surface area (Å²) in [6, 6.07) is 2.54. The van der Waals surface area contributed by atoms with Crippen molar-refractivity contribution in [3.05, 3.63) is 0 Å². The molecule has 14 heavy (non-hydrogen) atoms. The van der Waals surface area contributed by atoms with Gasteiger partial charge in [-0.25, -0.2) is 0 Å². The average Bonchev–Trinajstić information content (AvgIpc) is 2.25. The number of ether oxygens (including phenoxy) is 1. The van der Waals surface area contributed by atoms with Crippen LogP contribution in [0.3, 0.4) is 0 Å². The molecule has 1 saturated heterocycles. The van der Waals surface area contributed by atoms with Gasteiger partial charge in [-0.15, -0.1) is 0 Å². The van der Waals surface area contributed by atoms with Crippen molar-refractivity contribution < 1.29 is 4.74 Å². The minimum atomic E-state index is 0.158. The van der Waals surface area contributed by atoms with E-state index in [2.05, 4.69) is 11.0 Å². The number of likely N-dealkylation sites (tertiary alicyclic amines) is 1. The molecule has 0 aromatic rings. The van der Waals surface area contributed by atoms with Crippen molar-refractivity contribution in [1.82, 2.24) is 4.90 Å². The van der Waals surface area contributed by atoms with E-state index in [9.17, 15) is 0 Å². The molecule has 0 aliphatic carbocycles. The van der Waals surface area contributed by atoms with Crippen LogP contribution in [0.25, 0.3) is 0 Å². The molecular formula is C11H20N2O. The molecule has 1 aliphatic heterocycles. The van der Waals surface area contributed by atoms with E-state index in [1.54, 1.807) is 0 Å². The molecule has 0 N–H and O–H groups in total. The van der Waals surface area contributed by atoms with E-state index in [0.717, 1.165) is 39.1 Å². The fourth-order valence-corrected chi connectivity index (χ4v) is 1.92. The lowest BCUT2D eigenvalue weighted by molar-refractivity contribution is 0.118. The molecule has 0 aromatic heterocycles. The van der Waals surface area contributed by atoms with Gasteiger partial charge in [0.1, 0.15) is 0 Å². The number of nitrogens with zero attached hydrogens (tertiary/aromatic N) is 2. The van der Waals surface area contributed by atoms with E-state index in [-0.39, 0.29) is 6.04 Å². The molecule has 1 atom stereocenters. The van der Waals surface area contributed by atoms with Gasteiger partial charge in [0.2, 0.25) is 0 Å². The van der Waals surface area contributed by atoms with E-state index in [0.29, 0.717) is 0 Å². The Morgan fingerprint density at radius 1 is 1.50 bits per heavy atom. The second kappa shape index (κ2) is 6.80. The van der Waals surface area contributed by atoms with Crippen molar-refractivity contribution in [2.45, 2.75) is 38.6 Å². The first kappa shape index (κ1) is 11.5. The van der Waals surface area contributed by atoms with Gasteiger partial charge in [-0.2, -0.15) is 5.26 Å². The molecule has 0 bridgehead atoms. The summed E-state index contributed by atoms with van der Waals surface area (Å²) in [7, 11) is 0. The zero-order valence-corrected chi connectivity index (χ0v) is 9.04. The molecule has 0 saturated carbocycles. The average molecular weight is 196 g/mol. The highest BCUT2D eigenvalue weighted by molar-refractivity contribution is 4.93. The SMILES string of the molecule is CCOCCCN1CCCCC1C#N. The maximum Gasteiger partial charge on any atom is 0.0977 e. The van der Waals surface area contributed by atoms with Gasteiger partial charge in [-0.3, -0.25) is 4.90 Å². The zero-order valence-electron chi connectivity index (χ0n) is 9.04. The standard InChI is InChI=1S/C11H20N2O/c1-2-14-9-5-8-13-7-4-3-6-11(13)10-12/h11H,2-9H2,1H3. The van der Waals surface area contributed by atoms with Gasteiger partial charge in [0.15, 0.2) is 0 Å². The number of hydrogen-bond acceptors (Lipinski definition) is 3.